The standard InChI is InChI=1S/C11H20F3NO2/c1-3-5-15-8-6-9(10(8)16-4-2)17-7-11(12,13)14/h8-10,15H,3-7H2,1-2H3. The molecule has 0 aromatic heterocycles. The summed E-state index contributed by atoms with van der Waals surface area (Å²) >= 11 is 0. The Hall–Kier alpha value is -0.330. The Morgan fingerprint density at radius 1 is 1.24 bits per heavy atom. The number of ether oxygens (including phenoxy) is 2. The van der Waals surface area contributed by atoms with Gasteiger partial charge in [-0.2, -0.15) is 13.2 Å². The zero-order valence-corrected chi connectivity index (χ0v) is 10.2. The summed E-state index contributed by atoms with van der Waals surface area (Å²) in [4.78, 5) is 0. The van der Waals surface area contributed by atoms with Gasteiger partial charge in [0.25, 0.3) is 0 Å². The average molecular weight is 255 g/mol. The quantitative estimate of drug-likeness (QED) is 0.755. The summed E-state index contributed by atoms with van der Waals surface area (Å²) in [6.45, 7) is 4.01. The molecular weight excluding hydrogens is 235 g/mol. The average Bonchev–Trinajstić information content (AvgIpc) is 2.22. The predicted octanol–water partition coefficient (Wildman–Crippen LogP) is 2.11. The lowest BCUT2D eigenvalue weighted by Gasteiger charge is -2.44. The Bertz CT molecular complexity index is 223. The maximum atomic E-state index is 12.0. The molecular formula is C11H20F3NO2. The van der Waals surface area contributed by atoms with Gasteiger partial charge in [0.05, 0.1) is 12.2 Å². The minimum absolute atomic E-state index is 0.119. The van der Waals surface area contributed by atoms with Crippen LogP contribution in [0.5, 0.6) is 0 Å². The SMILES string of the molecule is CCCNC1CC(OCC(F)(F)F)C1OCC. The molecule has 0 spiro atoms. The fourth-order valence-corrected chi connectivity index (χ4v) is 1.89. The van der Waals surface area contributed by atoms with Crippen LogP contribution >= 0.6 is 0 Å². The summed E-state index contributed by atoms with van der Waals surface area (Å²) in [6.07, 6.45) is -3.39. The van der Waals surface area contributed by atoms with Gasteiger partial charge in [-0.3, -0.25) is 0 Å². The van der Waals surface area contributed by atoms with Crippen LogP contribution in [0.3, 0.4) is 0 Å². The van der Waals surface area contributed by atoms with Crippen LogP contribution in [0.1, 0.15) is 26.7 Å². The van der Waals surface area contributed by atoms with Crippen molar-refractivity contribution in [2.24, 2.45) is 0 Å². The number of hydrogen-bond donors (Lipinski definition) is 1. The molecule has 3 unspecified atom stereocenters. The van der Waals surface area contributed by atoms with Crippen LogP contribution in [0.4, 0.5) is 13.2 Å². The van der Waals surface area contributed by atoms with Crippen LogP contribution in [-0.2, 0) is 9.47 Å². The van der Waals surface area contributed by atoms with Gasteiger partial charge in [0.2, 0.25) is 0 Å². The molecule has 1 aliphatic rings. The molecule has 1 fully saturated rings. The Kier molecular flexibility index (Phi) is 5.69. The Morgan fingerprint density at radius 2 is 1.94 bits per heavy atom. The maximum absolute atomic E-state index is 12.0. The van der Waals surface area contributed by atoms with Gasteiger partial charge in [0, 0.05) is 12.6 Å². The highest BCUT2D eigenvalue weighted by molar-refractivity contribution is 4.97. The third-order valence-electron chi connectivity index (χ3n) is 2.73. The third kappa shape index (κ3) is 4.81. The van der Waals surface area contributed by atoms with Crippen LogP contribution in [0, 0.1) is 0 Å². The zero-order chi connectivity index (χ0) is 12.9. The van der Waals surface area contributed by atoms with E-state index in [4.69, 9.17) is 9.47 Å². The molecule has 3 nitrogen and oxygen atoms in total. The molecule has 0 radical (unpaired) electrons. The van der Waals surface area contributed by atoms with Crippen molar-refractivity contribution in [1.29, 1.82) is 0 Å². The van der Waals surface area contributed by atoms with Gasteiger partial charge < -0.3 is 14.8 Å². The Labute approximate surface area is 99.7 Å². The molecule has 0 aromatic rings. The summed E-state index contributed by atoms with van der Waals surface area (Å²) in [5, 5.41) is 3.24. The first kappa shape index (κ1) is 14.7. The molecule has 0 amide bonds. The van der Waals surface area contributed by atoms with Crippen molar-refractivity contribution in [3.05, 3.63) is 0 Å². The van der Waals surface area contributed by atoms with Crippen molar-refractivity contribution in [3.63, 3.8) is 0 Å². The third-order valence-corrected chi connectivity index (χ3v) is 2.73. The van der Waals surface area contributed by atoms with Gasteiger partial charge in [-0.05, 0) is 26.3 Å². The van der Waals surface area contributed by atoms with E-state index < -0.39 is 18.9 Å². The Morgan fingerprint density at radius 3 is 2.47 bits per heavy atom. The maximum Gasteiger partial charge on any atom is 0.411 e. The number of rotatable bonds is 7. The summed E-state index contributed by atoms with van der Waals surface area (Å²) in [5.41, 5.74) is 0. The van der Waals surface area contributed by atoms with Crippen molar-refractivity contribution in [2.75, 3.05) is 19.8 Å². The van der Waals surface area contributed by atoms with Crippen LogP contribution in [0.15, 0.2) is 0 Å². The predicted molar refractivity (Wildman–Crippen MR) is 57.9 cm³/mol. The van der Waals surface area contributed by atoms with E-state index in [2.05, 4.69) is 5.32 Å². The van der Waals surface area contributed by atoms with Crippen molar-refractivity contribution < 1.29 is 22.6 Å². The van der Waals surface area contributed by atoms with E-state index in [0.29, 0.717) is 13.0 Å². The zero-order valence-electron chi connectivity index (χ0n) is 10.2. The van der Waals surface area contributed by atoms with E-state index >= 15 is 0 Å². The van der Waals surface area contributed by atoms with E-state index in [0.717, 1.165) is 13.0 Å². The van der Waals surface area contributed by atoms with Gasteiger partial charge in [-0.25, -0.2) is 0 Å². The van der Waals surface area contributed by atoms with Crippen LogP contribution in [0.2, 0.25) is 0 Å². The van der Waals surface area contributed by atoms with Crippen LogP contribution in [0.25, 0.3) is 0 Å². The molecule has 0 saturated heterocycles. The molecule has 1 aliphatic carbocycles. The highest BCUT2D eigenvalue weighted by atomic mass is 19.4. The highest BCUT2D eigenvalue weighted by Crippen LogP contribution is 2.29. The molecule has 102 valence electrons. The summed E-state index contributed by atoms with van der Waals surface area (Å²) in [6, 6.07) is 0.119. The molecule has 0 bridgehead atoms. The monoisotopic (exact) mass is 255 g/mol. The largest absolute Gasteiger partial charge is 0.411 e. The number of alkyl halides is 3. The minimum atomic E-state index is -4.27. The number of halogens is 3. The van der Waals surface area contributed by atoms with Crippen LogP contribution in [-0.4, -0.2) is 44.2 Å². The molecule has 17 heavy (non-hydrogen) atoms. The summed E-state index contributed by atoms with van der Waals surface area (Å²) < 4.78 is 46.3. The second kappa shape index (κ2) is 6.56. The lowest BCUT2D eigenvalue weighted by atomic mass is 9.85. The van der Waals surface area contributed by atoms with Gasteiger partial charge in [0.15, 0.2) is 0 Å². The lowest BCUT2D eigenvalue weighted by Crippen LogP contribution is -2.60. The second-order valence-corrected chi connectivity index (χ2v) is 4.18. The molecule has 1 saturated carbocycles. The van der Waals surface area contributed by atoms with Crippen molar-refractivity contribution in [1.82, 2.24) is 5.32 Å². The van der Waals surface area contributed by atoms with Gasteiger partial charge in [-0.1, -0.05) is 6.92 Å². The molecule has 0 aliphatic heterocycles. The van der Waals surface area contributed by atoms with Crippen molar-refractivity contribution in [2.45, 2.75) is 51.1 Å². The van der Waals surface area contributed by atoms with Crippen molar-refractivity contribution in [3.8, 4) is 0 Å². The topological polar surface area (TPSA) is 30.5 Å². The molecule has 0 aromatic carbocycles. The van der Waals surface area contributed by atoms with Crippen LogP contribution < -0.4 is 5.32 Å². The van der Waals surface area contributed by atoms with E-state index in [1.54, 1.807) is 0 Å². The van der Waals surface area contributed by atoms with Gasteiger partial charge >= 0.3 is 6.18 Å². The first-order valence-corrected chi connectivity index (χ1v) is 6.01. The number of hydrogen-bond acceptors (Lipinski definition) is 3. The summed E-state index contributed by atoms with van der Waals surface area (Å²) in [5.74, 6) is 0. The molecule has 1 N–H and O–H groups in total. The molecule has 0 heterocycles. The molecule has 6 heteroatoms. The molecule has 1 rings (SSSR count). The van der Waals surface area contributed by atoms with E-state index in [-0.39, 0.29) is 12.1 Å². The fourth-order valence-electron chi connectivity index (χ4n) is 1.89. The normalized spacial score (nSPS) is 29.1. The smallest absolute Gasteiger partial charge is 0.374 e. The van der Waals surface area contributed by atoms with Gasteiger partial charge in [-0.15, -0.1) is 0 Å². The van der Waals surface area contributed by atoms with E-state index in [1.807, 2.05) is 13.8 Å². The van der Waals surface area contributed by atoms with Crippen molar-refractivity contribution >= 4 is 0 Å². The number of nitrogens with one attached hydrogen (secondary N) is 1. The lowest BCUT2D eigenvalue weighted by molar-refractivity contribution is -0.220. The van der Waals surface area contributed by atoms with Gasteiger partial charge in [0.1, 0.15) is 6.61 Å². The fraction of sp³-hybridized carbons (Fsp3) is 1.00. The molecule has 3 atom stereocenters. The first-order chi connectivity index (χ1) is 7.98. The minimum Gasteiger partial charge on any atom is -0.374 e. The highest BCUT2D eigenvalue weighted by Gasteiger charge is 2.44. The Balaban J connectivity index is 2.31. The second-order valence-electron chi connectivity index (χ2n) is 4.18. The first-order valence-electron chi connectivity index (χ1n) is 6.01. The summed E-state index contributed by atoms with van der Waals surface area (Å²) in [7, 11) is 0. The van der Waals surface area contributed by atoms with E-state index in [9.17, 15) is 13.2 Å². The van der Waals surface area contributed by atoms with E-state index in [1.165, 1.54) is 0 Å².